The quantitative estimate of drug-likeness (QED) is 0.404. The minimum Gasteiger partial charge on any atom is -0.369 e. The van der Waals surface area contributed by atoms with E-state index in [1.807, 2.05) is 7.05 Å². The van der Waals surface area contributed by atoms with Crippen LogP contribution in [0.5, 0.6) is 0 Å². The molecule has 0 radical (unpaired) electrons. The first-order valence-corrected chi connectivity index (χ1v) is 9.07. The van der Waals surface area contributed by atoms with Gasteiger partial charge in [0.2, 0.25) is 0 Å². The van der Waals surface area contributed by atoms with Crippen molar-refractivity contribution in [3.8, 4) is 0 Å². The lowest BCUT2D eigenvalue weighted by molar-refractivity contribution is 0.648. The van der Waals surface area contributed by atoms with E-state index in [-0.39, 0.29) is 24.0 Å². The zero-order valence-electron chi connectivity index (χ0n) is 15.6. The van der Waals surface area contributed by atoms with Crippen LogP contribution in [-0.2, 0) is 6.42 Å². The summed E-state index contributed by atoms with van der Waals surface area (Å²) in [6, 6.07) is 19.8. The number of benzene rings is 2. The van der Waals surface area contributed by atoms with Crippen LogP contribution in [0.1, 0.15) is 17.5 Å². The Bertz CT molecular complexity index is 685. The van der Waals surface area contributed by atoms with Crippen molar-refractivity contribution in [3.63, 3.8) is 0 Å². The molecule has 2 N–H and O–H groups in total. The summed E-state index contributed by atoms with van der Waals surface area (Å²) in [6.07, 6.45) is 2.13. The van der Waals surface area contributed by atoms with Gasteiger partial charge in [-0.15, -0.1) is 24.0 Å². The van der Waals surface area contributed by atoms with Gasteiger partial charge in [-0.05, 0) is 37.5 Å². The topological polar surface area (TPSA) is 39.7 Å². The number of aryl methyl sites for hydroxylation is 1. The van der Waals surface area contributed by atoms with Crippen LogP contribution in [0, 0.1) is 6.92 Å². The van der Waals surface area contributed by atoms with Gasteiger partial charge in [-0.3, -0.25) is 4.99 Å². The van der Waals surface area contributed by atoms with Crippen LogP contribution in [0.4, 0.5) is 5.69 Å². The fraction of sp³-hybridized carbons (Fsp3) is 0.381. The Labute approximate surface area is 174 Å². The second-order valence-corrected chi connectivity index (χ2v) is 6.65. The number of anilines is 1. The van der Waals surface area contributed by atoms with Crippen LogP contribution < -0.4 is 15.5 Å². The Balaban J connectivity index is 0.00000243. The van der Waals surface area contributed by atoms with E-state index in [1.54, 1.807) is 0 Å². The molecule has 1 heterocycles. The molecule has 1 saturated heterocycles. The van der Waals surface area contributed by atoms with E-state index < -0.39 is 0 Å². The second-order valence-electron chi connectivity index (χ2n) is 6.65. The molecule has 140 valence electrons. The lowest BCUT2D eigenvalue weighted by Crippen LogP contribution is -2.45. The van der Waals surface area contributed by atoms with E-state index in [2.05, 4.69) is 82.0 Å². The highest BCUT2D eigenvalue weighted by molar-refractivity contribution is 14.0. The van der Waals surface area contributed by atoms with Crippen LogP contribution in [0.2, 0.25) is 0 Å². The molecule has 3 rings (SSSR count). The van der Waals surface area contributed by atoms with Crippen molar-refractivity contribution >= 4 is 35.6 Å². The third kappa shape index (κ3) is 5.90. The predicted molar refractivity (Wildman–Crippen MR) is 122 cm³/mol. The minimum absolute atomic E-state index is 0. The molecule has 0 bridgehead atoms. The van der Waals surface area contributed by atoms with Crippen molar-refractivity contribution in [3.05, 3.63) is 65.7 Å². The highest BCUT2D eigenvalue weighted by Crippen LogP contribution is 2.20. The molecule has 2 aromatic rings. The first-order chi connectivity index (χ1) is 12.2. The summed E-state index contributed by atoms with van der Waals surface area (Å²) in [6.45, 7) is 5.12. The molecular formula is C21H29IN4. The number of nitrogens with one attached hydrogen (secondary N) is 2. The summed E-state index contributed by atoms with van der Waals surface area (Å²) in [7, 11) is 1.84. The maximum Gasteiger partial charge on any atom is 0.191 e. The van der Waals surface area contributed by atoms with E-state index in [4.69, 9.17) is 0 Å². The van der Waals surface area contributed by atoms with Crippen molar-refractivity contribution in [1.29, 1.82) is 0 Å². The number of nitrogens with zero attached hydrogens (tertiary/aromatic N) is 2. The Morgan fingerprint density at radius 3 is 2.54 bits per heavy atom. The Morgan fingerprint density at radius 2 is 1.85 bits per heavy atom. The van der Waals surface area contributed by atoms with Gasteiger partial charge < -0.3 is 15.5 Å². The third-order valence-corrected chi connectivity index (χ3v) is 4.70. The molecule has 0 spiro atoms. The molecule has 1 fully saturated rings. The van der Waals surface area contributed by atoms with Crippen LogP contribution >= 0.6 is 24.0 Å². The zero-order valence-corrected chi connectivity index (χ0v) is 17.9. The largest absolute Gasteiger partial charge is 0.369 e. The summed E-state index contributed by atoms with van der Waals surface area (Å²) in [5.41, 5.74) is 3.96. The SMILES string of the molecule is CN=C(NCCc1ccccc1)NC1CCN(c2ccc(C)cc2)C1.I. The predicted octanol–water partition coefficient (Wildman–Crippen LogP) is 3.60. The Morgan fingerprint density at radius 1 is 1.12 bits per heavy atom. The fourth-order valence-electron chi connectivity index (χ4n) is 3.23. The first kappa shape index (κ1) is 20.6. The number of rotatable bonds is 5. The summed E-state index contributed by atoms with van der Waals surface area (Å²) in [4.78, 5) is 6.81. The van der Waals surface area contributed by atoms with Gasteiger partial charge in [0.1, 0.15) is 0 Å². The van der Waals surface area contributed by atoms with E-state index in [0.29, 0.717) is 6.04 Å². The van der Waals surface area contributed by atoms with Gasteiger partial charge >= 0.3 is 0 Å². The number of hydrogen-bond donors (Lipinski definition) is 2. The molecule has 1 unspecified atom stereocenters. The molecule has 1 atom stereocenters. The number of halogens is 1. The summed E-state index contributed by atoms with van der Waals surface area (Å²) >= 11 is 0. The minimum atomic E-state index is 0. The highest BCUT2D eigenvalue weighted by atomic mass is 127. The van der Waals surface area contributed by atoms with Crippen LogP contribution in [0.15, 0.2) is 59.6 Å². The van der Waals surface area contributed by atoms with Gasteiger partial charge in [-0.25, -0.2) is 0 Å². The number of guanidine groups is 1. The normalized spacial score (nSPS) is 16.9. The van der Waals surface area contributed by atoms with E-state index in [1.165, 1.54) is 16.8 Å². The molecule has 0 aromatic heterocycles. The average Bonchev–Trinajstić information content (AvgIpc) is 3.11. The van der Waals surface area contributed by atoms with Crippen LogP contribution in [0.25, 0.3) is 0 Å². The molecule has 1 aliphatic heterocycles. The zero-order chi connectivity index (χ0) is 17.5. The molecule has 2 aromatic carbocycles. The van der Waals surface area contributed by atoms with E-state index in [0.717, 1.165) is 38.4 Å². The number of aliphatic imine (C=N–C) groups is 1. The molecule has 0 amide bonds. The van der Waals surface area contributed by atoms with Crippen molar-refractivity contribution in [2.45, 2.75) is 25.8 Å². The molecule has 4 nitrogen and oxygen atoms in total. The van der Waals surface area contributed by atoms with Crippen LogP contribution in [-0.4, -0.2) is 38.7 Å². The number of hydrogen-bond acceptors (Lipinski definition) is 2. The molecule has 5 heteroatoms. The lowest BCUT2D eigenvalue weighted by atomic mass is 10.1. The van der Waals surface area contributed by atoms with Gasteiger partial charge in [-0.1, -0.05) is 48.0 Å². The Kier molecular flexibility index (Phi) is 8.22. The maximum atomic E-state index is 4.37. The van der Waals surface area contributed by atoms with Gasteiger partial charge in [0.15, 0.2) is 5.96 Å². The second kappa shape index (κ2) is 10.4. The summed E-state index contributed by atoms with van der Waals surface area (Å²) in [5.74, 6) is 0.895. The fourth-order valence-corrected chi connectivity index (χ4v) is 3.23. The molecular weight excluding hydrogens is 435 g/mol. The maximum absolute atomic E-state index is 4.37. The van der Waals surface area contributed by atoms with Gasteiger partial charge in [0.25, 0.3) is 0 Å². The van der Waals surface area contributed by atoms with E-state index >= 15 is 0 Å². The first-order valence-electron chi connectivity index (χ1n) is 9.07. The monoisotopic (exact) mass is 464 g/mol. The van der Waals surface area contributed by atoms with Gasteiger partial charge in [-0.2, -0.15) is 0 Å². The summed E-state index contributed by atoms with van der Waals surface area (Å²) in [5, 5.41) is 6.99. The average molecular weight is 464 g/mol. The van der Waals surface area contributed by atoms with Crippen molar-refractivity contribution < 1.29 is 0 Å². The van der Waals surface area contributed by atoms with Crippen molar-refractivity contribution in [2.24, 2.45) is 4.99 Å². The molecule has 0 saturated carbocycles. The van der Waals surface area contributed by atoms with Crippen LogP contribution in [0.3, 0.4) is 0 Å². The molecule has 1 aliphatic rings. The standard InChI is InChI=1S/C21H28N4.HI/c1-17-8-10-20(11-9-17)25-15-13-19(16-25)24-21(22-2)23-14-12-18-6-4-3-5-7-18;/h3-11,19H,12-16H2,1-2H3,(H2,22,23,24);1H. The van der Waals surface area contributed by atoms with Crippen molar-refractivity contribution in [2.75, 3.05) is 31.6 Å². The third-order valence-electron chi connectivity index (χ3n) is 4.70. The summed E-state index contributed by atoms with van der Waals surface area (Å²) < 4.78 is 0. The smallest absolute Gasteiger partial charge is 0.191 e. The van der Waals surface area contributed by atoms with Gasteiger partial charge in [0.05, 0.1) is 0 Å². The Hall–Kier alpha value is -1.76. The van der Waals surface area contributed by atoms with Crippen molar-refractivity contribution in [1.82, 2.24) is 10.6 Å². The van der Waals surface area contributed by atoms with E-state index in [9.17, 15) is 0 Å². The van der Waals surface area contributed by atoms with Gasteiger partial charge in [0, 0.05) is 38.4 Å². The lowest BCUT2D eigenvalue weighted by Gasteiger charge is -2.20. The highest BCUT2D eigenvalue weighted by Gasteiger charge is 2.23. The molecule has 26 heavy (non-hydrogen) atoms. The molecule has 0 aliphatic carbocycles.